The molecule has 1 unspecified atom stereocenters. The van der Waals surface area contributed by atoms with Gasteiger partial charge in [-0.2, -0.15) is 0 Å². The average molecular weight is 270 g/mol. The minimum Gasteiger partial charge on any atom is -0.465 e. The maximum Gasteiger partial charge on any atom is 0.337 e. The number of aryl methyl sites for hydroxylation is 1. The molecule has 4 nitrogen and oxygen atoms in total. The van der Waals surface area contributed by atoms with E-state index < -0.39 is 0 Å². The van der Waals surface area contributed by atoms with E-state index in [1.165, 1.54) is 7.11 Å². The van der Waals surface area contributed by atoms with Crippen molar-refractivity contribution >= 4 is 11.7 Å². The topological polar surface area (TPSA) is 51.2 Å². The molecule has 1 atom stereocenters. The Morgan fingerprint density at radius 3 is 2.75 bits per heavy atom. The molecule has 2 aromatic rings. The second kappa shape index (κ2) is 6.19. The number of carbonyl (C=O) groups excluding carboxylic acids is 1. The molecular formula is C16H18N2O2. The number of carbonyl (C=O) groups is 1. The van der Waals surface area contributed by atoms with Crippen LogP contribution in [0.25, 0.3) is 0 Å². The molecule has 1 aromatic heterocycles. The summed E-state index contributed by atoms with van der Waals surface area (Å²) >= 11 is 0. The van der Waals surface area contributed by atoms with Gasteiger partial charge in [0.05, 0.1) is 18.7 Å². The Morgan fingerprint density at radius 2 is 2.15 bits per heavy atom. The van der Waals surface area contributed by atoms with Gasteiger partial charge in [0.1, 0.15) is 0 Å². The highest BCUT2D eigenvalue weighted by Gasteiger charge is 2.10. The van der Waals surface area contributed by atoms with E-state index in [-0.39, 0.29) is 12.0 Å². The number of hydrogen-bond acceptors (Lipinski definition) is 4. The van der Waals surface area contributed by atoms with Crippen molar-refractivity contribution < 1.29 is 9.53 Å². The van der Waals surface area contributed by atoms with Crippen LogP contribution in [0.5, 0.6) is 0 Å². The predicted octanol–water partition coefficient (Wildman–Crippen LogP) is 3.35. The van der Waals surface area contributed by atoms with Gasteiger partial charge < -0.3 is 10.1 Å². The van der Waals surface area contributed by atoms with E-state index in [0.29, 0.717) is 5.56 Å². The molecule has 0 aliphatic rings. The molecule has 0 saturated heterocycles. The molecular weight excluding hydrogens is 252 g/mol. The Morgan fingerprint density at radius 1 is 1.35 bits per heavy atom. The standard InChI is InChI=1S/C16H18N2O2/c1-11-9-13(16(19)20-3)6-7-15(11)18-12(2)14-5-4-8-17-10-14/h4-10,12,18H,1-3H3. The normalized spacial score (nSPS) is 11.8. The van der Waals surface area contributed by atoms with Crippen LogP contribution in [0.4, 0.5) is 5.69 Å². The van der Waals surface area contributed by atoms with Crippen molar-refractivity contribution in [3.05, 3.63) is 59.4 Å². The quantitative estimate of drug-likeness (QED) is 0.866. The third-order valence-electron chi connectivity index (χ3n) is 3.20. The number of ether oxygens (including phenoxy) is 1. The van der Waals surface area contributed by atoms with Crippen molar-refractivity contribution in [1.82, 2.24) is 4.98 Å². The van der Waals surface area contributed by atoms with E-state index in [1.807, 2.05) is 37.4 Å². The molecule has 0 aliphatic heterocycles. The largest absolute Gasteiger partial charge is 0.465 e. The fourth-order valence-corrected chi connectivity index (χ4v) is 2.02. The SMILES string of the molecule is COC(=O)c1ccc(NC(C)c2cccnc2)c(C)c1. The van der Waals surface area contributed by atoms with Crippen molar-refractivity contribution in [2.24, 2.45) is 0 Å². The molecule has 1 N–H and O–H groups in total. The summed E-state index contributed by atoms with van der Waals surface area (Å²) in [4.78, 5) is 15.6. The first-order valence-corrected chi connectivity index (χ1v) is 6.47. The first kappa shape index (κ1) is 14.1. The lowest BCUT2D eigenvalue weighted by molar-refractivity contribution is 0.0600. The Hall–Kier alpha value is -2.36. The summed E-state index contributed by atoms with van der Waals surface area (Å²) in [6.07, 6.45) is 3.60. The van der Waals surface area contributed by atoms with Crippen LogP contribution < -0.4 is 5.32 Å². The van der Waals surface area contributed by atoms with Crippen molar-refractivity contribution in [2.45, 2.75) is 19.9 Å². The number of nitrogens with one attached hydrogen (secondary N) is 1. The number of anilines is 1. The van der Waals surface area contributed by atoms with E-state index >= 15 is 0 Å². The van der Waals surface area contributed by atoms with Crippen LogP contribution in [0.1, 0.15) is 34.5 Å². The van der Waals surface area contributed by atoms with Gasteiger partial charge in [-0.15, -0.1) is 0 Å². The maximum absolute atomic E-state index is 11.5. The molecule has 4 heteroatoms. The number of aromatic nitrogens is 1. The van der Waals surface area contributed by atoms with Crippen molar-refractivity contribution in [3.8, 4) is 0 Å². The van der Waals surface area contributed by atoms with Gasteiger partial charge in [-0.3, -0.25) is 4.98 Å². The van der Waals surface area contributed by atoms with E-state index in [0.717, 1.165) is 16.8 Å². The van der Waals surface area contributed by atoms with Gasteiger partial charge in [0.25, 0.3) is 0 Å². The monoisotopic (exact) mass is 270 g/mol. The first-order chi connectivity index (χ1) is 9.61. The lowest BCUT2D eigenvalue weighted by Crippen LogP contribution is -2.09. The number of rotatable bonds is 4. The minimum atomic E-state index is -0.319. The number of benzene rings is 1. The Kier molecular flexibility index (Phi) is 4.35. The van der Waals surface area contributed by atoms with E-state index in [4.69, 9.17) is 4.74 Å². The van der Waals surface area contributed by atoms with Gasteiger partial charge in [0, 0.05) is 18.1 Å². The predicted molar refractivity (Wildman–Crippen MR) is 78.8 cm³/mol. The van der Waals surface area contributed by atoms with Gasteiger partial charge in [0.2, 0.25) is 0 Å². The summed E-state index contributed by atoms with van der Waals surface area (Å²) in [6.45, 7) is 4.04. The number of pyridine rings is 1. The van der Waals surface area contributed by atoms with Crippen LogP contribution in [0, 0.1) is 6.92 Å². The molecule has 104 valence electrons. The molecule has 2 rings (SSSR count). The molecule has 1 aromatic carbocycles. The van der Waals surface area contributed by atoms with Crippen LogP contribution in [0.3, 0.4) is 0 Å². The summed E-state index contributed by atoms with van der Waals surface area (Å²) < 4.78 is 4.71. The average Bonchev–Trinajstić information content (AvgIpc) is 2.49. The fraction of sp³-hybridized carbons (Fsp3) is 0.250. The molecule has 0 aliphatic carbocycles. The van der Waals surface area contributed by atoms with Gasteiger partial charge in [0.15, 0.2) is 0 Å². The summed E-state index contributed by atoms with van der Waals surface area (Å²) in [5.74, 6) is -0.319. The number of esters is 1. The van der Waals surface area contributed by atoms with E-state index in [2.05, 4.69) is 17.2 Å². The highest BCUT2D eigenvalue weighted by Crippen LogP contribution is 2.22. The Labute approximate surface area is 118 Å². The number of nitrogens with zero attached hydrogens (tertiary/aromatic N) is 1. The van der Waals surface area contributed by atoms with Crippen LogP contribution in [-0.4, -0.2) is 18.1 Å². The summed E-state index contributed by atoms with van der Waals surface area (Å²) in [5, 5.41) is 3.42. The second-order valence-electron chi connectivity index (χ2n) is 4.67. The number of hydrogen-bond donors (Lipinski definition) is 1. The Balaban J connectivity index is 2.16. The zero-order valence-electron chi connectivity index (χ0n) is 11.9. The van der Waals surface area contributed by atoms with E-state index in [9.17, 15) is 4.79 Å². The van der Waals surface area contributed by atoms with Crippen molar-refractivity contribution in [1.29, 1.82) is 0 Å². The lowest BCUT2D eigenvalue weighted by Gasteiger charge is -2.17. The highest BCUT2D eigenvalue weighted by atomic mass is 16.5. The highest BCUT2D eigenvalue weighted by molar-refractivity contribution is 5.90. The van der Waals surface area contributed by atoms with E-state index in [1.54, 1.807) is 12.3 Å². The molecule has 0 radical (unpaired) electrons. The molecule has 0 fully saturated rings. The van der Waals surface area contributed by atoms with Gasteiger partial charge >= 0.3 is 5.97 Å². The van der Waals surface area contributed by atoms with Gasteiger partial charge in [-0.05, 0) is 49.2 Å². The maximum atomic E-state index is 11.5. The minimum absolute atomic E-state index is 0.145. The van der Waals surface area contributed by atoms with Crippen molar-refractivity contribution in [3.63, 3.8) is 0 Å². The van der Waals surface area contributed by atoms with Crippen molar-refractivity contribution in [2.75, 3.05) is 12.4 Å². The lowest BCUT2D eigenvalue weighted by atomic mass is 10.1. The summed E-state index contributed by atoms with van der Waals surface area (Å²) in [6, 6.07) is 9.57. The van der Waals surface area contributed by atoms with Gasteiger partial charge in [-0.25, -0.2) is 4.79 Å². The smallest absolute Gasteiger partial charge is 0.337 e. The summed E-state index contributed by atoms with van der Waals surface area (Å²) in [7, 11) is 1.38. The zero-order chi connectivity index (χ0) is 14.5. The number of methoxy groups -OCH3 is 1. The molecule has 0 saturated carbocycles. The third-order valence-corrected chi connectivity index (χ3v) is 3.20. The van der Waals surface area contributed by atoms with Crippen LogP contribution in [-0.2, 0) is 4.74 Å². The Bertz CT molecular complexity index is 597. The van der Waals surface area contributed by atoms with Crippen LogP contribution >= 0.6 is 0 Å². The summed E-state index contributed by atoms with van der Waals surface area (Å²) in [5.41, 5.74) is 3.67. The van der Waals surface area contributed by atoms with Crippen LogP contribution in [0.2, 0.25) is 0 Å². The van der Waals surface area contributed by atoms with Crippen LogP contribution in [0.15, 0.2) is 42.7 Å². The zero-order valence-corrected chi connectivity index (χ0v) is 11.9. The molecule has 20 heavy (non-hydrogen) atoms. The molecule has 0 amide bonds. The fourth-order valence-electron chi connectivity index (χ4n) is 2.02. The molecule has 0 spiro atoms. The first-order valence-electron chi connectivity index (χ1n) is 6.47. The second-order valence-corrected chi connectivity index (χ2v) is 4.67. The molecule has 0 bridgehead atoms. The van der Waals surface area contributed by atoms with Gasteiger partial charge in [-0.1, -0.05) is 6.07 Å². The third kappa shape index (κ3) is 3.15. The molecule has 1 heterocycles.